The number of carbonyl (C=O) groups excluding carboxylic acids is 1. The third-order valence-corrected chi connectivity index (χ3v) is 4.92. The highest BCUT2D eigenvalue weighted by Crippen LogP contribution is 2.25. The molecule has 6 heteroatoms. The molecule has 0 aliphatic carbocycles. The van der Waals surface area contributed by atoms with Crippen molar-refractivity contribution in [2.45, 2.75) is 46.2 Å². The number of benzene rings is 1. The zero-order valence-corrected chi connectivity index (χ0v) is 16.7. The number of hydrogen-bond donors (Lipinski definition) is 1. The van der Waals surface area contributed by atoms with Crippen molar-refractivity contribution in [1.29, 1.82) is 0 Å². The van der Waals surface area contributed by atoms with Crippen LogP contribution in [-0.4, -0.2) is 17.6 Å². The summed E-state index contributed by atoms with van der Waals surface area (Å²) in [6, 6.07) is 9.17. The molecule has 3 rings (SSSR count). The molecule has 148 valence electrons. The van der Waals surface area contributed by atoms with Gasteiger partial charge in [0.1, 0.15) is 17.1 Å². The fraction of sp³-hybridized carbons (Fsp3) is 0.364. The van der Waals surface area contributed by atoms with Gasteiger partial charge in [0.05, 0.1) is 24.1 Å². The standard InChI is InChI=1S/C22H26N2O4/c1-5-12-24-13-11-18-20(22(24)26)19(14(3)28-18)21(25)23-17(6-2)15-7-9-16(27-4)10-8-15/h7-11,13,17H,5-6,12H2,1-4H3,(H,23,25). The van der Waals surface area contributed by atoms with Gasteiger partial charge in [-0.05, 0) is 43.5 Å². The second kappa shape index (κ2) is 8.33. The van der Waals surface area contributed by atoms with E-state index in [-0.39, 0.29) is 17.5 Å². The molecule has 0 spiro atoms. The van der Waals surface area contributed by atoms with Crippen LogP contribution in [0.3, 0.4) is 0 Å². The fourth-order valence-electron chi connectivity index (χ4n) is 3.44. The first-order valence-electron chi connectivity index (χ1n) is 9.57. The average Bonchev–Trinajstić information content (AvgIpc) is 3.05. The molecule has 1 amide bonds. The van der Waals surface area contributed by atoms with Crippen molar-refractivity contribution in [1.82, 2.24) is 9.88 Å². The molecule has 1 unspecified atom stereocenters. The molecule has 0 saturated heterocycles. The van der Waals surface area contributed by atoms with E-state index in [1.807, 2.05) is 38.1 Å². The first-order chi connectivity index (χ1) is 13.5. The van der Waals surface area contributed by atoms with Gasteiger partial charge in [-0.25, -0.2) is 0 Å². The number of hydrogen-bond acceptors (Lipinski definition) is 4. The Morgan fingerprint density at radius 2 is 1.93 bits per heavy atom. The largest absolute Gasteiger partial charge is 0.497 e. The Morgan fingerprint density at radius 1 is 1.21 bits per heavy atom. The number of ether oxygens (including phenoxy) is 1. The van der Waals surface area contributed by atoms with Crippen molar-refractivity contribution in [2.75, 3.05) is 7.11 Å². The van der Waals surface area contributed by atoms with Gasteiger partial charge in [0.2, 0.25) is 0 Å². The third-order valence-electron chi connectivity index (χ3n) is 4.92. The van der Waals surface area contributed by atoms with Gasteiger partial charge in [-0.3, -0.25) is 9.59 Å². The molecular weight excluding hydrogens is 356 g/mol. The van der Waals surface area contributed by atoms with Gasteiger partial charge in [0.25, 0.3) is 11.5 Å². The number of furan rings is 1. The van der Waals surface area contributed by atoms with E-state index < -0.39 is 0 Å². The SMILES string of the molecule is CCCn1ccc2oc(C)c(C(=O)NC(CC)c3ccc(OC)cc3)c2c1=O. The molecule has 0 aliphatic rings. The Labute approximate surface area is 164 Å². The van der Waals surface area contributed by atoms with E-state index in [0.717, 1.165) is 17.7 Å². The zero-order chi connectivity index (χ0) is 20.3. The number of aromatic nitrogens is 1. The summed E-state index contributed by atoms with van der Waals surface area (Å²) in [6.07, 6.45) is 3.26. The Bertz CT molecular complexity index is 1030. The maximum absolute atomic E-state index is 13.1. The topological polar surface area (TPSA) is 73.5 Å². The van der Waals surface area contributed by atoms with Gasteiger partial charge in [-0.15, -0.1) is 0 Å². The van der Waals surface area contributed by atoms with Gasteiger partial charge >= 0.3 is 0 Å². The van der Waals surface area contributed by atoms with Crippen LogP contribution in [0.1, 0.15) is 54.4 Å². The zero-order valence-electron chi connectivity index (χ0n) is 16.7. The van der Waals surface area contributed by atoms with E-state index in [1.165, 1.54) is 0 Å². The van der Waals surface area contributed by atoms with Crippen molar-refractivity contribution in [3.8, 4) is 5.75 Å². The Kier molecular flexibility index (Phi) is 5.87. The summed E-state index contributed by atoms with van der Waals surface area (Å²) >= 11 is 0. The molecule has 2 aromatic heterocycles. The Balaban J connectivity index is 1.96. The number of fused-ring (bicyclic) bond motifs is 1. The molecule has 1 N–H and O–H groups in total. The normalized spacial score (nSPS) is 12.1. The van der Waals surface area contributed by atoms with Crippen molar-refractivity contribution in [3.05, 3.63) is 63.8 Å². The van der Waals surface area contributed by atoms with Crippen LogP contribution in [0.15, 0.2) is 45.7 Å². The summed E-state index contributed by atoms with van der Waals surface area (Å²) in [5.41, 5.74) is 1.54. The van der Waals surface area contributed by atoms with Gasteiger partial charge in [-0.1, -0.05) is 26.0 Å². The minimum absolute atomic E-state index is 0.177. The highest BCUT2D eigenvalue weighted by molar-refractivity contribution is 6.07. The molecule has 3 aromatic rings. The van der Waals surface area contributed by atoms with Crippen LogP contribution in [0.4, 0.5) is 0 Å². The highest BCUT2D eigenvalue weighted by atomic mass is 16.5. The smallest absolute Gasteiger partial charge is 0.262 e. The maximum atomic E-state index is 13.1. The molecule has 1 aromatic carbocycles. The number of pyridine rings is 1. The summed E-state index contributed by atoms with van der Waals surface area (Å²) in [6.45, 7) is 6.33. The van der Waals surface area contributed by atoms with E-state index in [1.54, 1.807) is 30.9 Å². The molecule has 6 nitrogen and oxygen atoms in total. The lowest BCUT2D eigenvalue weighted by Crippen LogP contribution is -2.30. The lowest BCUT2D eigenvalue weighted by Gasteiger charge is -2.18. The van der Waals surface area contributed by atoms with Crippen LogP contribution in [0, 0.1) is 6.92 Å². The lowest BCUT2D eigenvalue weighted by molar-refractivity contribution is 0.0935. The monoisotopic (exact) mass is 382 g/mol. The highest BCUT2D eigenvalue weighted by Gasteiger charge is 2.24. The molecule has 0 bridgehead atoms. The van der Waals surface area contributed by atoms with E-state index in [9.17, 15) is 9.59 Å². The summed E-state index contributed by atoms with van der Waals surface area (Å²) in [4.78, 5) is 25.9. The van der Waals surface area contributed by atoms with Crippen molar-refractivity contribution in [3.63, 3.8) is 0 Å². The second-order valence-corrected chi connectivity index (χ2v) is 6.79. The van der Waals surface area contributed by atoms with Gasteiger partial charge in [-0.2, -0.15) is 0 Å². The molecule has 1 atom stereocenters. The number of nitrogens with zero attached hydrogens (tertiary/aromatic N) is 1. The number of rotatable bonds is 7. The van der Waals surface area contributed by atoms with Crippen molar-refractivity contribution < 1.29 is 13.9 Å². The first-order valence-corrected chi connectivity index (χ1v) is 9.57. The van der Waals surface area contributed by atoms with E-state index in [0.29, 0.717) is 35.3 Å². The van der Waals surface area contributed by atoms with Gasteiger partial charge in [0, 0.05) is 12.7 Å². The number of nitrogens with one attached hydrogen (secondary N) is 1. The summed E-state index contributed by atoms with van der Waals surface area (Å²) < 4.78 is 12.5. The quantitative estimate of drug-likeness (QED) is 0.664. The van der Waals surface area contributed by atoms with Gasteiger partial charge in [0.15, 0.2) is 0 Å². The predicted octanol–water partition coefficient (Wildman–Crippen LogP) is 4.20. The Morgan fingerprint density at radius 3 is 2.54 bits per heavy atom. The van der Waals surface area contributed by atoms with E-state index >= 15 is 0 Å². The molecular formula is C22H26N2O4. The maximum Gasteiger partial charge on any atom is 0.262 e. The van der Waals surface area contributed by atoms with Gasteiger partial charge < -0.3 is 19.0 Å². The number of amides is 1. The van der Waals surface area contributed by atoms with Crippen LogP contribution in [0.2, 0.25) is 0 Å². The molecule has 0 saturated carbocycles. The van der Waals surface area contributed by atoms with E-state index in [4.69, 9.17) is 9.15 Å². The van der Waals surface area contributed by atoms with Crippen molar-refractivity contribution in [2.24, 2.45) is 0 Å². The summed E-state index contributed by atoms with van der Waals surface area (Å²) in [5.74, 6) is 0.909. The van der Waals surface area contributed by atoms with Crippen molar-refractivity contribution >= 4 is 16.9 Å². The summed E-state index contributed by atoms with van der Waals surface area (Å²) in [7, 11) is 1.62. The summed E-state index contributed by atoms with van der Waals surface area (Å²) in [5, 5.41) is 3.39. The Hall–Kier alpha value is -3.02. The van der Waals surface area contributed by atoms with Crippen LogP contribution in [0.5, 0.6) is 5.75 Å². The molecule has 0 aliphatic heterocycles. The number of aryl methyl sites for hydroxylation is 2. The first kappa shape index (κ1) is 19.7. The van der Waals surface area contributed by atoms with Crippen LogP contribution in [-0.2, 0) is 6.54 Å². The van der Waals surface area contributed by atoms with Crippen LogP contribution < -0.4 is 15.6 Å². The molecule has 2 heterocycles. The van der Waals surface area contributed by atoms with Crippen LogP contribution in [0.25, 0.3) is 11.0 Å². The minimum atomic E-state index is -0.301. The average molecular weight is 382 g/mol. The predicted molar refractivity (Wildman–Crippen MR) is 109 cm³/mol. The lowest BCUT2D eigenvalue weighted by atomic mass is 10.0. The molecule has 0 fully saturated rings. The fourth-order valence-corrected chi connectivity index (χ4v) is 3.44. The van der Waals surface area contributed by atoms with Crippen LogP contribution >= 0.6 is 0 Å². The number of methoxy groups -OCH3 is 1. The van der Waals surface area contributed by atoms with E-state index in [2.05, 4.69) is 5.32 Å². The second-order valence-electron chi connectivity index (χ2n) is 6.79. The minimum Gasteiger partial charge on any atom is -0.497 e. The third kappa shape index (κ3) is 3.67. The number of carbonyl (C=O) groups is 1. The molecule has 28 heavy (non-hydrogen) atoms. The molecule has 0 radical (unpaired) electrons.